The number of nitrogens with zero attached hydrogens (tertiary/aromatic N) is 2. The summed E-state index contributed by atoms with van der Waals surface area (Å²) in [5.74, 6) is -12.4. The highest BCUT2D eigenvalue weighted by Crippen LogP contribution is 2.27. The van der Waals surface area contributed by atoms with E-state index in [1.54, 1.807) is 79.4 Å². The molecule has 0 bridgehead atoms. The Morgan fingerprint density at radius 2 is 1.23 bits per heavy atom. The number of carbonyl (C=O) groups is 12. The summed E-state index contributed by atoms with van der Waals surface area (Å²) in [7, 11) is 0. The fourth-order valence-corrected chi connectivity index (χ4v) is 11.0. The Labute approximate surface area is 513 Å². The average Bonchev–Trinajstić information content (AvgIpc) is 3.44. The molecule has 29 nitrogen and oxygen atoms in total. The standard InChI is InChI=1S/C58H84N10O19S/c1-32(2)24-43(73)57(86)61-36(19-20-47(76)77)53(82)63-38(27-48(78)79)55(84)65-51(41(71)18-10-11-21-59)64-52(42(72)26-35-16-8-5-9-17-35)66-54(83)37(25-34-14-6-4-7-15-34)62-56(85)39(60-33(3)70)31-88-45-28-46(75)68(58(45)87)23-13-12-22-67-29-44(74)50(81)49(80)40(67)30-69/h4-9,14-17,32,36-40,43-45,49-52,64,69,73-74,80-81H,10-13,18-31,59H2,1-3H3,(H,60,70)(H,61,86)(H,62,85)(H,63,82)(H,65,84)(H,66,83)(H,76,77)(H,78,79)/t36?,37?,38?,39?,40-,43?,44-,45?,49-,50-,51?,52?/m1/s1. The number of amides is 8. The van der Waals surface area contributed by atoms with Crippen molar-refractivity contribution >= 4 is 82.5 Å². The summed E-state index contributed by atoms with van der Waals surface area (Å²) in [6, 6.07) is 8.78. The lowest BCUT2D eigenvalue weighted by Crippen LogP contribution is -2.65. The van der Waals surface area contributed by atoms with Crippen LogP contribution in [0.3, 0.4) is 0 Å². The van der Waals surface area contributed by atoms with Crippen LogP contribution in [0, 0.1) is 5.92 Å². The highest BCUT2D eigenvalue weighted by Gasteiger charge is 2.43. The van der Waals surface area contributed by atoms with E-state index in [1.165, 1.54) is 0 Å². The molecule has 16 N–H and O–H groups in total. The second kappa shape index (κ2) is 36.9. The maximum atomic E-state index is 14.8. The summed E-state index contributed by atoms with van der Waals surface area (Å²) in [4.78, 5) is 165. The number of thioether (sulfide) groups is 1. The molecule has 30 heteroatoms. The van der Waals surface area contributed by atoms with E-state index in [9.17, 15) is 93.3 Å². The van der Waals surface area contributed by atoms with Gasteiger partial charge in [0.1, 0.15) is 54.8 Å². The van der Waals surface area contributed by atoms with Crippen molar-refractivity contribution in [3.8, 4) is 0 Å². The van der Waals surface area contributed by atoms with Gasteiger partial charge in [0.25, 0.3) is 0 Å². The van der Waals surface area contributed by atoms with Crippen LogP contribution in [-0.2, 0) is 70.4 Å². The van der Waals surface area contributed by atoms with Crippen molar-refractivity contribution in [2.24, 2.45) is 11.7 Å². The second-order valence-corrected chi connectivity index (χ2v) is 23.3. The number of aliphatic carboxylic acids is 2. The number of carbonyl (C=O) groups excluding carboxylic acids is 10. The Kier molecular flexibility index (Phi) is 30.7. The molecule has 2 saturated heterocycles. The SMILES string of the molecule is CC(=O)NC(CSC1CC(=O)N(CCCCN2C[C@@H](O)[C@@H](O)[C@H](O)[C@H]2CO)C1=O)C(=O)NC(Cc1ccccc1)C(=O)NC(NC(NC(=O)C(CC(=O)O)NC(=O)C(CCC(=O)O)NC(=O)C(O)CC(C)C)C(=O)CCCCN)C(=O)Cc1ccccc1. The first-order valence-electron chi connectivity index (χ1n) is 29.1. The van der Waals surface area contributed by atoms with Gasteiger partial charge in [-0.15, -0.1) is 11.8 Å². The van der Waals surface area contributed by atoms with Crippen molar-refractivity contribution in [1.82, 2.24) is 47.0 Å². The molecule has 12 atom stereocenters. The maximum absolute atomic E-state index is 14.8. The molecule has 4 rings (SSSR count). The third-order valence-electron chi connectivity index (χ3n) is 14.5. The van der Waals surface area contributed by atoms with E-state index in [0.717, 1.165) is 23.6 Å². The number of nitrogens with one attached hydrogen (secondary N) is 7. The van der Waals surface area contributed by atoms with Gasteiger partial charge in [-0.2, -0.15) is 0 Å². The minimum atomic E-state index is -2.04. The fourth-order valence-electron chi connectivity index (χ4n) is 9.79. The van der Waals surface area contributed by atoms with E-state index in [1.807, 2.05) is 0 Å². The van der Waals surface area contributed by atoms with Crippen LogP contribution in [0.5, 0.6) is 0 Å². The number of piperidine rings is 1. The highest BCUT2D eigenvalue weighted by atomic mass is 32.2. The summed E-state index contributed by atoms with van der Waals surface area (Å²) in [6.45, 7) is 4.42. The van der Waals surface area contributed by atoms with Crippen LogP contribution in [-0.4, -0.2) is 227 Å². The molecule has 0 saturated carbocycles. The Hall–Kier alpha value is -7.29. The van der Waals surface area contributed by atoms with Crippen LogP contribution < -0.4 is 43.0 Å². The van der Waals surface area contributed by atoms with Crippen molar-refractivity contribution in [3.63, 3.8) is 0 Å². The molecule has 0 aliphatic carbocycles. The van der Waals surface area contributed by atoms with Gasteiger partial charge in [-0.25, -0.2) is 0 Å². The zero-order valence-corrected chi connectivity index (χ0v) is 50.2. The summed E-state index contributed by atoms with van der Waals surface area (Å²) in [6.07, 6.45) is -12.1. The molecule has 2 aromatic carbocycles. The normalized spacial score (nSPS) is 20.1. The van der Waals surface area contributed by atoms with Gasteiger partial charge in [0, 0.05) is 57.9 Å². The number of β-amino-alcohol motifs (C(OH)–C–C–N with tert-alkyl or cyclic N) is 1. The number of benzene rings is 2. The maximum Gasteiger partial charge on any atom is 0.305 e. The van der Waals surface area contributed by atoms with Gasteiger partial charge in [0.05, 0.1) is 30.4 Å². The van der Waals surface area contributed by atoms with Crippen molar-refractivity contribution in [2.75, 3.05) is 38.5 Å². The summed E-state index contributed by atoms with van der Waals surface area (Å²) < 4.78 is 0. The third kappa shape index (κ3) is 24.0. The average molecular weight is 1260 g/mol. The summed E-state index contributed by atoms with van der Waals surface area (Å²) in [5.41, 5.74) is 6.62. The minimum absolute atomic E-state index is 0.000534. The van der Waals surface area contributed by atoms with Crippen molar-refractivity contribution in [3.05, 3.63) is 71.8 Å². The Morgan fingerprint density at radius 3 is 1.82 bits per heavy atom. The molecule has 8 unspecified atom stereocenters. The predicted molar refractivity (Wildman–Crippen MR) is 315 cm³/mol. The summed E-state index contributed by atoms with van der Waals surface area (Å²) >= 11 is 0.903. The fraction of sp³-hybridized carbons (Fsp3) is 0.586. The van der Waals surface area contributed by atoms with Crippen LogP contribution in [0.2, 0.25) is 0 Å². The minimum Gasteiger partial charge on any atom is -0.481 e. The number of unbranched alkanes of at least 4 members (excludes halogenated alkanes) is 2. The van der Waals surface area contributed by atoms with E-state index in [2.05, 4.69) is 37.2 Å². The molecule has 486 valence electrons. The van der Waals surface area contributed by atoms with Crippen LogP contribution in [0.4, 0.5) is 0 Å². The number of rotatable bonds is 39. The van der Waals surface area contributed by atoms with Crippen LogP contribution >= 0.6 is 11.8 Å². The lowest BCUT2D eigenvalue weighted by atomic mass is 9.94. The largest absolute Gasteiger partial charge is 0.481 e. The molecule has 8 amide bonds. The highest BCUT2D eigenvalue weighted by molar-refractivity contribution is 8.00. The lowest BCUT2D eigenvalue weighted by molar-refractivity contribution is -0.145. The number of imide groups is 1. The number of carboxylic acid groups (broad SMARTS) is 2. The van der Waals surface area contributed by atoms with Gasteiger partial charge < -0.3 is 73.4 Å². The summed E-state index contributed by atoms with van der Waals surface area (Å²) in [5, 5.41) is 86.3. The number of hydrogen-bond donors (Lipinski definition) is 15. The molecule has 88 heavy (non-hydrogen) atoms. The molecule has 2 heterocycles. The number of nitrogens with two attached hydrogens (primary N) is 1. The van der Waals surface area contributed by atoms with E-state index in [4.69, 9.17) is 5.73 Å². The van der Waals surface area contributed by atoms with Gasteiger partial charge in [-0.05, 0) is 68.7 Å². The van der Waals surface area contributed by atoms with Crippen LogP contribution in [0.1, 0.15) is 96.1 Å². The van der Waals surface area contributed by atoms with E-state index >= 15 is 0 Å². The third-order valence-corrected chi connectivity index (χ3v) is 15.8. The van der Waals surface area contributed by atoms with E-state index < -0.39 is 175 Å². The molecule has 2 aliphatic rings. The first-order valence-corrected chi connectivity index (χ1v) is 30.1. The first-order chi connectivity index (χ1) is 41.7. The number of hydrogen-bond acceptors (Lipinski definition) is 21. The quantitative estimate of drug-likeness (QED) is 0.0174. The van der Waals surface area contributed by atoms with Gasteiger partial charge >= 0.3 is 11.9 Å². The van der Waals surface area contributed by atoms with Crippen molar-refractivity contribution < 1.29 is 93.3 Å². The molecule has 2 aliphatic heterocycles. The topological polar surface area (TPSA) is 463 Å². The second-order valence-electron chi connectivity index (χ2n) is 22.1. The van der Waals surface area contributed by atoms with E-state index in [0.29, 0.717) is 30.4 Å². The Morgan fingerprint density at radius 1 is 0.659 bits per heavy atom. The monoisotopic (exact) mass is 1260 g/mol. The zero-order valence-electron chi connectivity index (χ0n) is 49.4. The number of aliphatic hydroxyl groups is 5. The van der Waals surface area contributed by atoms with Gasteiger partial charge in [0.15, 0.2) is 11.6 Å². The van der Waals surface area contributed by atoms with Crippen LogP contribution in [0.15, 0.2) is 60.7 Å². The molecule has 0 radical (unpaired) electrons. The smallest absolute Gasteiger partial charge is 0.305 e. The number of aliphatic hydroxyl groups excluding tert-OH is 5. The van der Waals surface area contributed by atoms with E-state index in [-0.39, 0.29) is 70.0 Å². The zero-order chi connectivity index (χ0) is 65.2. The Balaban J connectivity index is 1.61. The van der Waals surface area contributed by atoms with Gasteiger partial charge in [-0.3, -0.25) is 72.7 Å². The van der Waals surface area contributed by atoms with Crippen molar-refractivity contribution in [1.29, 1.82) is 0 Å². The Bertz CT molecular complexity index is 2710. The molecule has 0 spiro atoms. The molecular formula is C58H84N10O19S. The molecule has 2 aromatic rings. The molecular weight excluding hydrogens is 1170 g/mol. The molecule has 0 aromatic heterocycles. The lowest BCUT2D eigenvalue weighted by Gasteiger charge is -2.43. The van der Waals surface area contributed by atoms with Gasteiger partial charge in [0.2, 0.25) is 47.3 Å². The number of ketones is 2. The number of Topliss-reactive ketones (excluding diaryl/α,β-unsaturated/α-hetero) is 2. The van der Waals surface area contributed by atoms with Crippen LogP contribution in [0.25, 0.3) is 0 Å². The number of carboxylic acids is 2. The van der Waals surface area contributed by atoms with Crippen molar-refractivity contribution in [2.45, 2.75) is 170 Å². The predicted octanol–water partition coefficient (Wildman–Crippen LogP) is -3.68. The molecule has 2 fully saturated rings. The first kappa shape index (κ1) is 73.2. The van der Waals surface area contributed by atoms with Gasteiger partial charge in [-0.1, -0.05) is 74.5 Å². The number of likely N-dealkylation sites (tertiary alicyclic amines) is 2.